The van der Waals surface area contributed by atoms with Crippen LogP contribution in [-0.2, 0) is 9.84 Å². The largest absolute Gasteiger partial charge is 0.497 e. The van der Waals surface area contributed by atoms with Gasteiger partial charge in [-0.05, 0) is 5.92 Å². The number of rotatable bonds is 6. The molecular weight excluding hydrogens is 304 g/mol. The first-order valence-electron chi connectivity index (χ1n) is 6.63. The van der Waals surface area contributed by atoms with Gasteiger partial charge in [0, 0.05) is 24.5 Å². The van der Waals surface area contributed by atoms with Gasteiger partial charge in [0.15, 0.2) is 15.1 Å². The lowest BCUT2D eigenvalue weighted by atomic mass is 10.1. The highest BCUT2D eigenvalue weighted by Crippen LogP contribution is 2.29. The predicted molar refractivity (Wildman–Crippen MR) is 85.7 cm³/mol. The standard InChI is InChI=1S/C15H20N2O4S/c1-10(2)15(14(9-16)22(5,18)19)17-11-6-12(20-3)8-13(7-11)21-4/h6-8,10,14H,1-5H3. The Labute approximate surface area is 131 Å². The van der Waals surface area contributed by atoms with Crippen LogP contribution in [-0.4, -0.2) is 39.9 Å². The molecule has 0 aromatic heterocycles. The Hall–Kier alpha value is -2.07. The normalized spacial score (nSPS) is 13.6. The summed E-state index contributed by atoms with van der Waals surface area (Å²) in [5.41, 5.74) is 0.768. The zero-order valence-electron chi connectivity index (χ0n) is 13.3. The average Bonchev–Trinajstić information content (AvgIpc) is 2.44. The SMILES string of the molecule is COc1cc(N=C(C(C)C)C(C#N)S(C)(=O)=O)cc(OC)c1. The number of ether oxygens (including phenoxy) is 2. The molecule has 0 radical (unpaired) electrons. The van der Waals surface area contributed by atoms with Crippen molar-refractivity contribution in [3.05, 3.63) is 18.2 Å². The first kappa shape index (κ1) is 18.0. The van der Waals surface area contributed by atoms with Gasteiger partial charge in [0.1, 0.15) is 11.5 Å². The predicted octanol–water partition coefficient (Wildman–Crippen LogP) is 2.37. The molecule has 0 spiro atoms. The van der Waals surface area contributed by atoms with E-state index in [1.807, 2.05) is 6.07 Å². The maximum atomic E-state index is 11.8. The highest BCUT2D eigenvalue weighted by Gasteiger charge is 2.28. The summed E-state index contributed by atoms with van der Waals surface area (Å²) in [5.74, 6) is 0.875. The van der Waals surface area contributed by atoms with Crippen LogP contribution in [0.25, 0.3) is 0 Å². The van der Waals surface area contributed by atoms with E-state index in [2.05, 4.69) is 4.99 Å². The van der Waals surface area contributed by atoms with E-state index in [0.717, 1.165) is 6.26 Å². The van der Waals surface area contributed by atoms with Crippen LogP contribution < -0.4 is 9.47 Å². The summed E-state index contributed by atoms with van der Waals surface area (Å²) in [5, 5.41) is 7.93. The van der Waals surface area contributed by atoms with Gasteiger partial charge in [0.2, 0.25) is 0 Å². The van der Waals surface area contributed by atoms with E-state index < -0.39 is 15.1 Å². The number of nitriles is 1. The monoisotopic (exact) mass is 324 g/mol. The summed E-state index contributed by atoms with van der Waals surface area (Å²) < 4.78 is 33.9. The first-order chi connectivity index (χ1) is 10.2. The molecule has 1 atom stereocenters. The number of benzene rings is 1. The minimum absolute atomic E-state index is 0.198. The molecule has 0 bridgehead atoms. The molecule has 1 rings (SSSR count). The Morgan fingerprint density at radius 3 is 2.00 bits per heavy atom. The quantitative estimate of drug-likeness (QED) is 0.749. The zero-order chi connectivity index (χ0) is 16.9. The fraction of sp³-hybridized carbons (Fsp3) is 0.467. The number of nitrogens with zero attached hydrogens (tertiary/aromatic N) is 2. The molecule has 0 amide bonds. The van der Waals surface area contributed by atoms with Gasteiger partial charge in [-0.25, -0.2) is 8.42 Å². The molecule has 6 nitrogen and oxygen atoms in total. The topological polar surface area (TPSA) is 88.8 Å². The molecule has 0 heterocycles. The Morgan fingerprint density at radius 1 is 1.18 bits per heavy atom. The lowest BCUT2D eigenvalue weighted by Crippen LogP contribution is -2.31. The number of methoxy groups -OCH3 is 2. The van der Waals surface area contributed by atoms with Crippen LogP contribution in [0.4, 0.5) is 5.69 Å². The van der Waals surface area contributed by atoms with Gasteiger partial charge >= 0.3 is 0 Å². The summed E-state index contributed by atoms with van der Waals surface area (Å²) in [6, 6.07) is 6.82. The molecule has 1 aromatic rings. The van der Waals surface area contributed by atoms with Crippen molar-refractivity contribution in [2.75, 3.05) is 20.5 Å². The lowest BCUT2D eigenvalue weighted by Gasteiger charge is -2.15. The van der Waals surface area contributed by atoms with Crippen molar-refractivity contribution in [3.63, 3.8) is 0 Å². The smallest absolute Gasteiger partial charge is 0.185 e. The Bertz CT molecular complexity index is 680. The number of hydrogen-bond donors (Lipinski definition) is 0. The number of sulfone groups is 1. The van der Waals surface area contributed by atoms with E-state index >= 15 is 0 Å². The Morgan fingerprint density at radius 2 is 1.68 bits per heavy atom. The minimum Gasteiger partial charge on any atom is -0.497 e. The van der Waals surface area contributed by atoms with Crippen LogP contribution in [0.15, 0.2) is 23.2 Å². The van der Waals surface area contributed by atoms with Crippen molar-refractivity contribution >= 4 is 21.2 Å². The highest BCUT2D eigenvalue weighted by atomic mass is 32.2. The number of hydrogen-bond acceptors (Lipinski definition) is 6. The second kappa shape index (κ2) is 7.27. The molecule has 1 aromatic carbocycles. The molecule has 0 fully saturated rings. The van der Waals surface area contributed by atoms with Crippen molar-refractivity contribution in [2.24, 2.45) is 10.9 Å². The minimum atomic E-state index is -3.57. The van der Waals surface area contributed by atoms with Gasteiger partial charge in [-0.3, -0.25) is 4.99 Å². The third kappa shape index (κ3) is 4.46. The van der Waals surface area contributed by atoms with E-state index in [0.29, 0.717) is 22.9 Å². The van der Waals surface area contributed by atoms with Gasteiger partial charge < -0.3 is 9.47 Å². The summed E-state index contributed by atoms with van der Waals surface area (Å²) in [4.78, 5) is 4.37. The van der Waals surface area contributed by atoms with Gasteiger partial charge in [-0.1, -0.05) is 13.8 Å². The van der Waals surface area contributed by atoms with Crippen LogP contribution in [0.1, 0.15) is 13.8 Å². The van der Waals surface area contributed by atoms with Gasteiger partial charge in [-0.15, -0.1) is 0 Å². The van der Waals surface area contributed by atoms with E-state index in [9.17, 15) is 13.7 Å². The fourth-order valence-corrected chi connectivity index (χ4v) is 2.83. The van der Waals surface area contributed by atoms with Crippen LogP contribution in [0.2, 0.25) is 0 Å². The van der Waals surface area contributed by atoms with E-state index in [1.165, 1.54) is 14.2 Å². The maximum Gasteiger partial charge on any atom is 0.185 e. The van der Waals surface area contributed by atoms with E-state index in [4.69, 9.17) is 9.47 Å². The average molecular weight is 324 g/mol. The van der Waals surface area contributed by atoms with Crippen molar-refractivity contribution in [2.45, 2.75) is 19.1 Å². The molecule has 0 aliphatic heterocycles. The third-order valence-corrected chi connectivity index (χ3v) is 4.20. The number of aliphatic imine (C=N–C) groups is 1. The van der Waals surface area contributed by atoms with Crippen molar-refractivity contribution in [3.8, 4) is 17.6 Å². The third-order valence-electron chi connectivity index (χ3n) is 3.00. The van der Waals surface area contributed by atoms with Gasteiger partial charge in [-0.2, -0.15) is 5.26 Å². The van der Waals surface area contributed by atoms with Crippen molar-refractivity contribution in [1.29, 1.82) is 5.26 Å². The second-order valence-corrected chi connectivity index (χ2v) is 7.23. The summed E-state index contributed by atoms with van der Waals surface area (Å²) >= 11 is 0. The van der Waals surface area contributed by atoms with Crippen molar-refractivity contribution < 1.29 is 17.9 Å². The highest BCUT2D eigenvalue weighted by molar-refractivity contribution is 7.92. The molecular formula is C15H20N2O4S. The molecule has 7 heteroatoms. The van der Waals surface area contributed by atoms with Gasteiger partial charge in [0.05, 0.1) is 31.7 Å². The van der Waals surface area contributed by atoms with Crippen LogP contribution >= 0.6 is 0 Å². The molecule has 0 aliphatic carbocycles. The second-order valence-electron chi connectivity index (χ2n) is 5.10. The zero-order valence-corrected chi connectivity index (χ0v) is 14.1. The summed E-state index contributed by atoms with van der Waals surface area (Å²) in [6.07, 6.45) is 1.03. The molecule has 0 saturated carbocycles. The first-order valence-corrected chi connectivity index (χ1v) is 8.58. The summed E-state index contributed by atoms with van der Waals surface area (Å²) in [7, 11) is -0.537. The molecule has 22 heavy (non-hydrogen) atoms. The van der Waals surface area contributed by atoms with Gasteiger partial charge in [0.25, 0.3) is 0 Å². The Balaban J connectivity index is 3.45. The molecule has 0 aliphatic rings. The van der Waals surface area contributed by atoms with E-state index in [-0.39, 0.29) is 5.92 Å². The fourth-order valence-electron chi connectivity index (χ4n) is 1.88. The summed E-state index contributed by atoms with van der Waals surface area (Å²) in [6.45, 7) is 3.59. The van der Waals surface area contributed by atoms with Crippen molar-refractivity contribution in [1.82, 2.24) is 0 Å². The Kier molecular flexibility index (Phi) is 5.94. The molecule has 1 unspecified atom stereocenters. The lowest BCUT2D eigenvalue weighted by molar-refractivity contribution is 0.394. The maximum absolute atomic E-state index is 11.8. The van der Waals surface area contributed by atoms with Crippen LogP contribution in [0.3, 0.4) is 0 Å². The van der Waals surface area contributed by atoms with Crippen LogP contribution in [0, 0.1) is 17.2 Å². The molecule has 0 N–H and O–H groups in total. The molecule has 0 saturated heterocycles. The van der Waals surface area contributed by atoms with Crippen LogP contribution in [0.5, 0.6) is 11.5 Å². The molecule has 120 valence electrons. The van der Waals surface area contributed by atoms with E-state index in [1.54, 1.807) is 32.0 Å².